The van der Waals surface area contributed by atoms with Gasteiger partial charge in [-0.05, 0) is 27.7 Å². The second-order valence-corrected chi connectivity index (χ2v) is 5.79. The molecule has 3 aliphatic heterocycles. The van der Waals surface area contributed by atoms with Crippen LogP contribution in [0, 0.1) is 0 Å². The summed E-state index contributed by atoms with van der Waals surface area (Å²) in [6, 6.07) is 0. The molecule has 3 heterocycles. The van der Waals surface area contributed by atoms with Crippen molar-refractivity contribution in [3.8, 4) is 0 Å². The van der Waals surface area contributed by atoms with Gasteiger partial charge in [0.15, 0.2) is 23.8 Å². The first kappa shape index (κ1) is 12.3. The van der Waals surface area contributed by atoms with Gasteiger partial charge >= 0.3 is 5.97 Å². The molecule has 0 aliphatic carbocycles. The molecular formula is C12H18O6. The van der Waals surface area contributed by atoms with Crippen LogP contribution in [0.3, 0.4) is 0 Å². The van der Waals surface area contributed by atoms with Crippen LogP contribution in [-0.4, -0.2) is 48.6 Å². The van der Waals surface area contributed by atoms with E-state index in [-0.39, 0.29) is 12.1 Å². The highest BCUT2D eigenvalue weighted by Gasteiger charge is 2.59. The average molecular weight is 258 g/mol. The highest BCUT2D eigenvalue weighted by Crippen LogP contribution is 2.39. The number of rotatable bonds is 1. The van der Waals surface area contributed by atoms with E-state index in [0.717, 1.165) is 0 Å². The molecule has 3 aliphatic rings. The highest BCUT2D eigenvalue weighted by atomic mass is 16.8. The Morgan fingerprint density at radius 3 is 2.33 bits per heavy atom. The Kier molecular flexibility index (Phi) is 2.51. The maximum Gasteiger partial charge on any atom is 0.338 e. The van der Waals surface area contributed by atoms with Crippen molar-refractivity contribution in [3.05, 3.63) is 0 Å². The van der Waals surface area contributed by atoms with Crippen LogP contribution in [0.4, 0.5) is 0 Å². The molecule has 0 aromatic heterocycles. The van der Waals surface area contributed by atoms with Crippen LogP contribution < -0.4 is 0 Å². The van der Waals surface area contributed by atoms with Crippen molar-refractivity contribution < 1.29 is 28.5 Å². The van der Waals surface area contributed by atoms with Crippen molar-refractivity contribution in [1.82, 2.24) is 0 Å². The van der Waals surface area contributed by atoms with E-state index in [1.54, 1.807) is 13.8 Å². The fourth-order valence-electron chi connectivity index (χ4n) is 2.64. The standard InChI is InChI=1S/C12H18O6/c1-11(2)14-5-6(16-11)7-8-9(10(13)15-7)18-12(3,4)17-8/h6-9H,5H2,1-4H3/t6-,7?,8+,9+/m1/s1. The molecule has 3 rings (SSSR count). The summed E-state index contributed by atoms with van der Waals surface area (Å²) in [5.41, 5.74) is 0. The number of fused-ring (bicyclic) bond motifs is 1. The Labute approximate surface area is 105 Å². The quantitative estimate of drug-likeness (QED) is 0.641. The predicted molar refractivity (Wildman–Crippen MR) is 58.6 cm³/mol. The molecule has 6 heteroatoms. The van der Waals surface area contributed by atoms with E-state index in [1.165, 1.54) is 0 Å². The smallest absolute Gasteiger partial charge is 0.338 e. The third-order valence-electron chi connectivity index (χ3n) is 3.33. The SMILES string of the molecule is CC1(C)OC[C@H](C2OC(=O)[C@H]3OC(C)(C)O[C@@H]23)O1. The number of ether oxygens (including phenoxy) is 5. The summed E-state index contributed by atoms with van der Waals surface area (Å²) in [4.78, 5) is 11.7. The van der Waals surface area contributed by atoms with Gasteiger partial charge in [-0.15, -0.1) is 0 Å². The van der Waals surface area contributed by atoms with Crippen LogP contribution in [0.1, 0.15) is 27.7 Å². The van der Waals surface area contributed by atoms with Gasteiger partial charge < -0.3 is 23.7 Å². The molecule has 0 saturated carbocycles. The van der Waals surface area contributed by atoms with E-state index in [4.69, 9.17) is 23.7 Å². The van der Waals surface area contributed by atoms with Crippen LogP contribution in [0.5, 0.6) is 0 Å². The lowest BCUT2D eigenvalue weighted by Gasteiger charge is -2.25. The van der Waals surface area contributed by atoms with E-state index < -0.39 is 29.9 Å². The highest BCUT2D eigenvalue weighted by molar-refractivity contribution is 5.78. The number of hydrogen-bond donors (Lipinski definition) is 0. The zero-order chi connectivity index (χ0) is 13.1. The summed E-state index contributed by atoms with van der Waals surface area (Å²) in [5.74, 6) is -1.80. The molecule has 3 saturated heterocycles. The van der Waals surface area contributed by atoms with Crippen molar-refractivity contribution in [1.29, 1.82) is 0 Å². The van der Waals surface area contributed by atoms with Crippen molar-refractivity contribution >= 4 is 5.97 Å². The monoisotopic (exact) mass is 258 g/mol. The fraction of sp³-hybridized carbons (Fsp3) is 0.917. The first-order valence-electron chi connectivity index (χ1n) is 6.15. The van der Waals surface area contributed by atoms with E-state index in [0.29, 0.717) is 6.61 Å². The summed E-state index contributed by atoms with van der Waals surface area (Å²) in [7, 11) is 0. The van der Waals surface area contributed by atoms with Gasteiger partial charge in [0, 0.05) is 0 Å². The van der Waals surface area contributed by atoms with Crippen molar-refractivity contribution in [3.63, 3.8) is 0 Å². The lowest BCUT2D eigenvalue weighted by Crippen LogP contribution is -2.40. The van der Waals surface area contributed by atoms with Crippen LogP contribution >= 0.6 is 0 Å². The molecule has 0 radical (unpaired) electrons. The zero-order valence-corrected chi connectivity index (χ0v) is 11.0. The molecule has 0 N–H and O–H groups in total. The largest absolute Gasteiger partial charge is 0.455 e. The van der Waals surface area contributed by atoms with Gasteiger partial charge in [-0.1, -0.05) is 0 Å². The normalized spacial score (nSPS) is 45.0. The van der Waals surface area contributed by atoms with Crippen molar-refractivity contribution in [2.45, 2.75) is 63.7 Å². The Morgan fingerprint density at radius 2 is 1.72 bits per heavy atom. The van der Waals surface area contributed by atoms with Crippen molar-refractivity contribution in [2.75, 3.05) is 6.61 Å². The van der Waals surface area contributed by atoms with Crippen LogP contribution in [-0.2, 0) is 28.5 Å². The molecule has 3 fully saturated rings. The second-order valence-electron chi connectivity index (χ2n) is 5.79. The number of hydrogen-bond acceptors (Lipinski definition) is 6. The van der Waals surface area contributed by atoms with Crippen LogP contribution in [0.15, 0.2) is 0 Å². The second kappa shape index (κ2) is 3.66. The molecule has 1 unspecified atom stereocenters. The summed E-state index contributed by atoms with van der Waals surface area (Å²) in [6.07, 6.45) is -1.85. The third-order valence-corrected chi connectivity index (χ3v) is 3.33. The summed E-state index contributed by atoms with van der Waals surface area (Å²) in [5, 5.41) is 0. The molecule has 0 spiro atoms. The Hall–Kier alpha value is -0.690. The Bertz CT molecular complexity index is 377. The average Bonchev–Trinajstić information content (AvgIpc) is 2.81. The topological polar surface area (TPSA) is 63.2 Å². The van der Waals surface area contributed by atoms with Gasteiger partial charge in [-0.3, -0.25) is 0 Å². The molecule has 0 amide bonds. The summed E-state index contributed by atoms with van der Waals surface area (Å²) < 4.78 is 27.8. The summed E-state index contributed by atoms with van der Waals surface area (Å²) in [6.45, 7) is 7.61. The molecule has 0 aromatic carbocycles. The van der Waals surface area contributed by atoms with E-state index >= 15 is 0 Å². The number of esters is 1. The predicted octanol–water partition coefficient (Wildman–Crippen LogP) is 0.583. The van der Waals surface area contributed by atoms with Gasteiger partial charge in [0.25, 0.3) is 0 Å². The van der Waals surface area contributed by atoms with Gasteiger partial charge in [-0.25, -0.2) is 4.79 Å². The van der Waals surface area contributed by atoms with Crippen molar-refractivity contribution in [2.24, 2.45) is 0 Å². The maximum atomic E-state index is 11.7. The first-order valence-corrected chi connectivity index (χ1v) is 6.15. The van der Waals surface area contributed by atoms with E-state index in [2.05, 4.69) is 0 Å². The lowest BCUT2D eigenvalue weighted by molar-refractivity contribution is -0.200. The minimum absolute atomic E-state index is 0.309. The summed E-state index contributed by atoms with van der Waals surface area (Å²) >= 11 is 0. The Balaban J connectivity index is 1.77. The van der Waals surface area contributed by atoms with Gasteiger partial charge in [0.1, 0.15) is 12.2 Å². The minimum Gasteiger partial charge on any atom is -0.455 e. The third kappa shape index (κ3) is 1.93. The van der Waals surface area contributed by atoms with E-state index in [1.807, 2.05) is 13.8 Å². The van der Waals surface area contributed by atoms with Gasteiger partial charge in [-0.2, -0.15) is 0 Å². The number of carbonyl (C=O) groups is 1. The van der Waals surface area contributed by atoms with E-state index in [9.17, 15) is 4.79 Å². The molecule has 0 bridgehead atoms. The molecule has 102 valence electrons. The Morgan fingerprint density at radius 1 is 1.00 bits per heavy atom. The molecule has 4 atom stereocenters. The fourth-order valence-corrected chi connectivity index (χ4v) is 2.64. The van der Waals surface area contributed by atoms with Gasteiger partial charge in [0.05, 0.1) is 6.61 Å². The van der Waals surface area contributed by atoms with Gasteiger partial charge in [0.2, 0.25) is 0 Å². The lowest BCUT2D eigenvalue weighted by atomic mass is 10.1. The molecule has 0 aromatic rings. The number of carbonyl (C=O) groups excluding carboxylic acids is 1. The minimum atomic E-state index is -0.762. The van der Waals surface area contributed by atoms with Crippen LogP contribution in [0.25, 0.3) is 0 Å². The molecule has 18 heavy (non-hydrogen) atoms. The zero-order valence-electron chi connectivity index (χ0n) is 11.0. The number of cyclic esters (lactones) is 1. The van der Waals surface area contributed by atoms with Crippen LogP contribution in [0.2, 0.25) is 0 Å². The first-order chi connectivity index (χ1) is 8.27. The molecular weight excluding hydrogens is 240 g/mol. The maximum absolute atomic E-state index is 11.7. The molecule has 6 nitrogen and oxygen atoms in total.